The van der Waals surface area contributed by atoms with Crippen LogP contribution in [0, 0.1) is 6.92 Å². The summed E-state index contributed by atoms with van der Waals surface area (Å²) in [4.78, 5) is 29.7. The second-order valence-electron chi connectivity index (χ2n) is 8.04. The molecule has 0 saturated heterocycles. The van der Waals surface area contributed by atoms with Crippen LogP contribution in [0.3, 0.4) is 0 Å². The van der Waals surface area contributed by atoms with E-state index in [2.05, 4.69) is 36.5 Å². The number of hydrogen-bond acceptors (Lipinski definition) is 4. The third-order valence-electron chi connectivity index (χ3n) is 5.93. The SMILES string of the molecule is COCCN1C(=O)c2ccccc2[C@@H](C(=O)NCCc2ccc(C)cc2)[C@@H]1c1cccs1. The molecule has 2 amide bonds. The summed E-state index contributed by atoms with van der Waals surface area (Å²) in [5.74, 6) is -0.588. The first-order valence-corrected chi connectivity index (χ1v) is 11.7. The van der Waals surface area contributed by atoms with E-state index in [1.807, 2.05) is 41.8 Å². The number of hydrogen-bond donors (Lipinski definition) is 1. The fraction of sp³-hybridized carbons (Fsp3) is 0.308. The number of nitrogens with one attached hydrogen (secondary N) is 1. The van der Waals surface area contributed by atoms with Gasteiger partial charge in [0.25, 0.3) is 5.91 Å². The highest BCUT2D eigenvalue weighted by atomic mass is 32.1. The number of aryl methyl sites for hydroxylation is 1. The zero-order valence-electron chi connectivity index (χ0n) is 18.4. The van der Waals surface area contributed by atoms with Crippen LogP contribution in [-0.4, -0.2) is 43.5 Å². The van der Waals surface area contributed by atoms with E-state index in [0.717, 1.165) is 16.9 Å². The number of amides is 2. The lowest BCUT2D eigenvalue weighted by molar-refractivity contribution is -0.124. The Hall–Kier alpha value is -2.96. The van der Waals surface area contributed by atoms with E-state index < -0.39 is 5.92 Å². The molecule has 166 valence electrons. The van der Waals surface area contributed by atoms with Gasteiger partial charge in [0.1, 0.15) is 0 Å². The Bertz CT molecular complexity index is 1060. The minimum atomic E-state index is -0.475. The molecule has 1 aliphatic heterocycles. The van der Waals surface area contributed by atoms with Gasteiger partial charge in [-0.15, -0.1) is 11.3 Å². The molecule has 2 heterocycles. The van der Waals surface area contributed by atoms with Gasteiger partial charge in [-0.1, -0.05) is 54.1 Å². The molecule has 4 rings (SSSR count). The molecule has 32 heavy (non-hydrogen) atoms. The minimum absolute atomic E-state index is 0.0558. The molecule has 2 atom stereocenters. The predicted octanol–water partition coefficient (Wildman–Crippen LogP) is 4.34. The van der Waals surface area contributed by atoms with Crippen LogP contribution in [0.4, 0.5) is 0 Å². The van der Waals surface area contributed by atoms with Crippen LogP contribution in [-0.2, 0) is 16.0 Å². The lowest BCUT2D eigenvalue weighted by atomic mass is 9.81. The van der Waals surface area contributed by atoms with Crippen LogP contribution in [0.1, 0.15) is 43.9 Å². The van der Waals surface area contributed by atoms with E-state index in [9.17, 15) is 9.59 Å². The largest absolute Gasteiger partial charge is 0.383 e. The maximum absolute atomic E-state index is 13.6. The van der Waals surface area contributed by atoms with Crippen molar-refractivity contribution in [2.75, 3.05) is 26.8 Å². The quantitative estimate of drug-likeness (QED) is 0.558. The van der Waals surface area contributed by atoms with Crippen molar-refractivity contribution in [3.8, 4) is 0 Å². The van der Waals surface area contributed by atoms with Gasteiger partial charge in [-0.05, 0) is 42.0 Å². The molecule has 1 N–H and O–H groups in total. The van der Waals surface area contributed by atoms with E-state index in [1.165, 1.54) is 11.1 Å². The number of methoxy groups -OCH3 is 1. The van der Waals surface area contributed by atoms with Gasteiger partial charge in [-0.2, -0.15) is 0 Å². The number of carbonyl (C=O) groups excluding carboxylic acids is 2. The highest BCUT2D eigenvalue weighted by molar-refractivity contribution is 7.10. The van der Waals surface area contributed by atoms with Crippen molar-refractivity contribution in [3.63, 3.8) is 0 Å². The van der Waals surface area contributed by atoms with Gasteiger partial charge in [-0.3, -0.25) is 9.59 Å². The summed E-state index contributed by atoms with van der Waals surface area (Å²) in [5.41, 5.74) is 3.79. The summed E-state index contributed by atoms with van der Waals surface area (Å²) in [7, 11) is 1.62. The standard InChI is InChI=1S/C26H28N2O3S/c1-18-9-11-19(12-10-18)13-14-27-25(29)23-20-6-3-4-7-21(20)26(30)28(15-16-31-2)24(23)22-8-5-17-32-22/h3-12,17,23-24H,13-16H2,1-2H3,(H,27,29)/t23-,24+/m1/s1. The summed E-state index contributed by atoms with van der Waals surface area (Å²) in [6, 6.07) is 19.4. The van der Waals surface area contributed by atoms with Crippen molar-refractivity contribution in [1.29, 1.82) is 0 Å². The van der Waals surface area contributed by atoms with Crippen LogP contribution >= 0.6 is 11.3 Å². The molecule has 2 aromatic carbocycles. The van der Waals surface area contributed by atoms with Crippen molar-refractivity contribution in [1.82, 2.24) is 10.2 Å². The van der Waals surface area contributed by atoms with Gasteiger partial charge < -0.3 is 15.0 Å². The Labute approximate surface area is 193 Å². The van der Waals surface area contributed by atoms with E-state index in [0.29, 0.717) is 25.3 Å². The molecule has 0 unspecified atom stereocenters. The highest BCUT2D eigenvalue weighted by Gasteiger charge is 2.44. The molecule has 0 radical (unpaired) electrons. The van der Waals surface area contributed by atoms with Gasteiger partial charge in [0, 0.05) is 30.6 Å². The molecule has 0 bridgehead atoms. The normalized spacial score (nSPS) is 17.8. The van der Waals surface area contributed by atoms with E-state index in [-0.39, 0.29) is 17.9 Å². The number of nitrogens with zero attached hydrogens (tertiary/aromatic N) is 1. The summed E-state index contributed by atoms with van der Waals surface area (Å²) < 4.78 is 5.27. The minimum Gasteiger partial charge on any atom is -0.383 e. The Morgan fingerprint density at radius 2 is 1.88 bits per heavy atom. The Morgan fingerprint density at radius 1 is 1.09 bits per heavy atom. The third kappa shape index (κ3) is 4.61. The zero-order chi connectivity index (χ0) is 22.5. The van der Waals surface area contributed by atoms with Crippen LogP contribution in [0.2, 0.25) is 0 Å². The summed E-state index contributed by atoms with van der Waals surface area (Å²) >= 11 is 1.57. The summed E-state index contributed by atoms with van der Waals surface area (Å²) in [6.45, 7) is 3.45. The molecule has 0 spiro atoms. The van der Waals surface area contributed by atoms with Crippen molar-refractivity contribution in [3.05, 3.63) is 93.2 Å². The van der Waals surface area contributed by atoms with Crippen LogP contribution < -0.4 is 5.32 Å². The molecule has 0 saturated carbocycles. The monoisotopic (exact) mass is 448 g/mol. The van der Waals surface area contributed by atoms with Crippen molar-refractivity contribution in [2.45, 2.75) is 25.3 Å². The van der Waals surface area contributed by atoms with Gasteiger partial charge in [0.05, 0.1) is 18.6 Å². The van der Waals surface area contributed by atoms with Crippen LogP contribution in [0.15, 0.2) is 66.0 Å². The Balaban J connectivity index is 1.62. The van der Waals surface area contributed by atoms with E-state index in [1.54, 1.807) is 23.3 Å². The third-order valence-corrected chi connectivity index (χ3v) is 6.87. The molecule has 0 aliphatic carbocycles. The Kier molecular flexibility index (Phi) is 7.02. The molecular formula is C26H28N2O3S. The molecule has 5 nitrogen and oxygen atoms in total. The molecule has 6 heteroatoms. The fourth-order valence-electron chi connectivity index (χ4n) is 4.28. The van der Waals surface area contributed by atoms with Crippen molar-refractivity contribution in [2.24, 2.45) is 0 Å². The van der Waals surface area contributed by atoms with Crippen molar-refractivity contribution >= 4 is 23.2 Å². The highest BCUT2D eigenvalue weighted by Crippen LogP contribution is 2.44. The number of thiophene rings is 1. The first-order valence-electron chi connectivity index (χ1n) is 10.9. The lowest BCUT2D eigenvalue weighted by Gasteiger charge is -2.41. The first-order chi connectivity index (χ1) is 15.6. The van der Waals surface area contributed by atoms with Crippen LogP contribution in [0.25, 0.3) is 0 Å². The zero-order valence-corrected chi connectivity index (χ0v) is 19.2. The number of fused-ring (bicyclic) bond motifs is 1. The second kappa shape index (κ2) is 10.1. The first kappa shape index (κ1) is 22.2. The number of rotatable bonds is 8. The number of carbonyl (C=O) groups is 2. The van der Waals surface area contributed by atoms with Gasteiger partial charge in [0.15, 0.2) is 0 Å². The van der Waals surface area contributed by atoms with Gasteiger partial charge in [-0.25, -0.2) is 0 Å². The second-order valence-corrected chi connectivity index (χ2v) is 9.02. The topological polar surface area (TPSA) is 58.6 Å². The maximum atomic E-state index is 13.6. The summed E-state index contributed by atoms with van der Waals surface area (Å²) in [5, 5.41) is 5.12. The molecule has 1 aliphatic rings. The van der Waals surface area contributed by atoms with E-state index in [4.69, 9.17) is 4.74 Å². The average Bonchev–Trinajstić information content (AvgIpc) is 3.34. The predicted molar refractivity (Wildman–Crippen MR) is 127 cm³/mol. The number of benzene rings is 2. The maximum Gasteiger partial charge on any atom is 0.254 e. The number of ether oxygens (including phenoxy) is 1. The van der Waals surface area contributed by atoms with Gasteiger partial charge in [0.2, 0.25) is 5.91 Å². The fourth-order valence-corrected chi connectivity index (χ4v) is 5.16. The average molecular weight is 449 g/mol. The van der Waals surface area contributed by atoms with Gasteiger partial charge >= 0.3 is 0 Å². The van der Waals surface area contributed by atoms with Crippen molar-refractivity contribution < 1.29 is 14.3 Å². The molecule has 3 aromatic rings. The van der Waals surface area contributed by atoms with Crippen LogP contribution in [0.5, 0.6) is 0 Å². The molecule has 1 aromatic heterocycles. The van der Waals surface area contributed by atoms with E-state index >= 15 is 0 Å². The molecular weight excluding hydrogens is 420 g/mol. The lowest BCUT2D eigenvalue weighted by Crippen LogP contribution is -2.48. The summed E-state index contributed by atoms with van der Waals surface area (Å²) in [6.07, 6.45) is 0.760. The molecule has 0 fully saturated rings. The smallest absolute Gasteiger partial charge is 0.254 e. The Morgan fingerprint density at radius 3 is 2.59 bits per heavy atom.